The molecule has 0 fully saturated rings. The summed E-state index contributed by atoms with van der Waals surface area (Å²) < 4.78 is 5.33. The summed E-state index contributed by atoms with van der Waals surface area (Å²) in [6.07, 6.45) is 1.56. The molecule has 2 nitrogen and oxygen atoms in total. The predicted octanol–water partition coefficient (Wildman–Crippen LogP) is 3.78. The number of aryl methyl sites for hydroxylation is 2. The number of rotatable bonds is 5. The summed E-state index contributed by atoms with van der Waals surface area (Å²) in [6, 6.07) is 4.05. The number of hydrogen-bond donors (Lipinski definition) is 1. The zero-order valence-electron chi connectivity index (χ0n) is 11.6. The summed E-state index contributed by atoms with van der Waals surface area (Å²) in [4.78, 5) is 0. The molecule has 0 saturated heterocycles. The molecule has 1 N–H and O–H groups in total. The van der Waals surface area contributed by atoms with E-state index < -0.39 is 0 Å². The van der Waals surface area contributed by atoms with Crippen molar-refractivity contribution in [3.05, 3.63) is 28.8 Å². The van der Waals surface area contributed by atoms with E-state index in [-0.39, 0.29) is 6.10 Å². The fourth-order valence-corrected chi connectivity index (χ4v) is 2.18. The predicted molar refractivity (Wildman–Crippen MR) is 71.5 cm³/mol. The Kier molecular flexibility index (Phi) is 5.01. The molecule has 0 saturated carbocycles. The van der Waals surface area contributed by atoms with Crippen molar-refractivity contribution in [1.29, 1.82) is 0 Å². The molecule has 96 valence electrons. The second kappa shape index (κ2) is 6.06. The lowest BCUT2D eigenvalue weighted by Gasteiger charge is -2.18. The number of benzene rings is 1. The van der Waals surface area contributed by atoms with Crippen LogP contribution in [-0.4, -0.2) is 12.2 Å². The number of ether oxygens (including phenoxy) is 1. The van der Waals surface area contributed by atoms with Gasteiger partial charge in [0.2, 0.25) is 0 Å². The van der Waals surface area contributed by atoms with Crippen molar-refractivity contribution >= 4 is 0 Å². The van der Waals surface area contributed by atoms with Crippen molar-refractivity contribution < 1.29 is 9.84 Å². The normalized spacial score (nSPS) is 14.5. The third kappa shape index (κ3) is 3.47. The van der Waals surface area contributed by atoms with E-state index in [1.54, 1.807) is 7.11 Å². The van der Waals surface area contributed by atoms with E-state index in [2.05, 4.69) is 13.8 Å². The van der Waals surface area contributed by atoms with E-state index in [1.165, 1.54) is 0 Å². The van der Waals surface area contributed by atoms with Crippen LogP contribution in [0.3, 0.4) is 0 Å². The lowest BCUT2D eigenvalue weighted by Crippen LogP contribution is -2.05. The molecule has 0 bridgehead atoms. The van der Waals surface area contributed by atoms with Gasteiger partial charge >= 0.3 is 0 Å². The molecule has 2 unspecified atom stereocenters. The third-order valence-corrected chi connectivity index (χ3v) is 3.39. The summed E-state index contributed by atoms with van der Waals surface area (Å²) in [5.74, 6) is 1.47. The molecule has 0 amide bonds. The van der Waals surface area contributed by atoms with Crippen molar-refractivity contribution in [1.82, 2.24) is 0 Å². The minimum atomic E-state index is -0.367. The van der Waals surface area contributed by atoms with Gasteiger partial charge in [-0.1, -0.05) is 20.3 Å². The smallest absolute Gasteiger partial charge is 0.124 e. The van der Waals surface area contributed by atoms with Gasteiger partial charge in [-0.2, -0.15) is 0 Å². The molecule has 2 atom stereocenters. The standard InChI is InChI=1S/C15H24O2/c1-6-10(2)7-14(16)13-8-11(3)15(17-5)12(4)9-13/h8-10,14,16H,6-7H2,1-5H3. The van der Waals surface area contributed by atoms with E-state index in [4.69, 9.17) is 4.74 Å². The van der Waals surface area contributed by atoms with Crippen LogP contribution in [0.15, 0.2) is 12.1 Å². The highest BCUT2D eigenvalue weighted by atomic mass is 16.5. The highest BCUT2D eigenvalue weighted by molar-refractivity contribution is 5.43. The first-order valence-electron chi connectivity index (χ1n) is 6.32. The van der Waals surface area contributed by atoms with Gasteiger partial charge in [-0.15, -0.1) is 0 Å². The number of aliphatic hydroxyl groups is 1. The van der Waals surface area contributed by atoms with Gasteiger partial charge in [-0.05, 0) is 55.0 Å². The van der Waals surface area contributed by atoms with Crippen LogP contribution in [0.1, 0.15) is 49.5 Å². The highest BCUT2D eigenvalue weighted by Gasteiger charge is 2.14. The van der Waals surface area contributed by atoms with Crippen LogP contribution in [0.2, 0.25) is 0 Å². The zero-order valence-corrected chi connectivity index (χ0v) is 11.6. The molecule has 0 radical (unpaired) electrons. The van der Waals surface area contributed by atoms with E-state index >= 15 is 0 Å². The molecule has 0 spiro atoms. The second-order valence-electron chi connectivity index (χ2n) is 4.95. The maximum Gasteiger partial charge on any atom is 0.124 e. The number of hydrogen-bond acceptors (Lipinski definition) is 2. The van der Waals surface area contributed by atoms with Crippen LogP contribution in [0, 0.1) is 19.8 Å². The van der Waals surface area contributed by atoms with Gasteiger partial charge in [0.1, 0.15) is 5.75 Å². The summed E-state index contributed by atoms with van der Waals surface area (Å²) >= 11 is 0. The summed E-state index contributed by atoms with van der Waals surface area (Å²) in [7, 11) is 1.69. The van der Waals surface area contributed by atoms with Crippen LogP contribution < -0.4 is 4.74 Å². The first kappa shape index (κ1) is 14.0. The van der Waals surface area contributed by atoms with Crippen molar-refractivity contribution in [2.24, 2.45) is 5.92 Å². The van der Waals surface area contributed by atoms with Crippen molar-refractivity contribution in [3.8, 4) is 5.75 Å². The Balaban J connectivity index is 2.92. The quantitative estimate of drug-likeness (QED) is 0.843. The minimum Gasteiger partial charge on any atom is -0.496 e. The van der Waals surface area contributed by atoms with E-state index in [0.717, 1.165) is 35.3 Å². The number of aliphatic hydroxyl groups excluding tert-OH is 1. The van der Waals surface area contributed by atoms with E-state index in [1.807, 2.05) is 26.0 Å². The molecule has 0 aliphatic heterocycles. The van der Waals surface area contributed by atoms with Gasteiger partial charge in [0.25, 0.3) is 0 Å². The van der Waals surface area contributed by atoms with Gasteiger partial charge in [0, 0.05) is 0 Å². The van der Waals surface area contributed by atoms with E-state index in [9.17, 15) is 5.11 Å². The molecule has 2 heteroatoms. The van der Waals surface area contributed by atoms with Crippen molar-refractivity contribution in [2.45, 2.75) is 46.6 Å². The third-order valence-electron chi connectivity index (χ3n) is 3.39. The maximum absolute atomic E-state index is 10.2. The van der Waals surface area contributed by atoms with Gasteiger partial charge in [0.15, 0.2) is 0 Å². The van der Waals surface area contributed by atoms with Crippen LogP contribution >= 0.6 is 0 Å². The molecule has 1 rings (SSSR count). The molecule has 0 heterocycles. The van der Waals surface area contributed by atoms with Crippen molar-refractivity contribution in [2.75, 3.05) is 7.11 Å². The minimum absolute atomic E-state index is 0.367. The first-order chi connectivity index (χ1) is 7.99. The molecule has 17 heavy (non-hydrogen) atoms. The van der Waals surface area contributed by atoms with Crippen LogP contribution in [0.5, 0.6) is 5.75 Å². The summed E-state index contributed by atoms with van der Waals surface area (Å²) in [5, 5.41) is 10.2. The average molecular weight is 236 g/mol. The fourth-order valence-electron chi connectivity index (χ4n) is 2.18. The molecular weight excluding hydrogens is 212 g/mol. The SMILES string of the molecule is CCC(C)CC(O)c1cc(C)c(OC)c(C)c1. The Morgan fingerprint density at radius 1 is 1.24 bits per heavy atom. The Labute approximate surface area is 105 Å². The number of methoxy groups -OCH3 is 1. The zero-order chi connectivity index (χ0) is 13.0. The molecule has 0 aliphatic carbocycles. The Bertz CT molecular complexity index is 348. The van der Waals surface area contributed by atoms with Gasteiger partial charge < -0.3 is 9.84 Å². The lowest BCUT2D eigenvalue weighted by molar-refractivity contribution is 0.146. The first-order valence-corrected chi connectivity index (χ1v) is 6.32. The lowest BCUT2D eigenvalue weighted by atomic mass is 9.94. The Morgan fingerprint density at radius 3 is 2.18 bits per heavy atom. The van der Waals surface area contributed by atoms with Crippen LogP contribution in [0.25, 0.3) is 0 Å². The molecule has 1 aromatic rings. The summed E-state index contributed by atoms with van der Waals surface area (Å²) in [6.45, 7) is 8.37. The highest BCUT2D eigenvalue weighted by Crippen LogP contribution is 2.30. The summed E-state index contributed by atoms with van der Waals surface area (Å²) in [5.41, 5.74) is 3.18. The molecule has 0 aliphatic rings. The van der Waals surface area contributed by atoms with Gasteiger partial charge in [-0.3, -0.25) is 0 Å². The molecule has 1 aromatic carbocycles. The Morgan fingerprint density at radius 2 is 1.76 bits per heavy atom. The molecular formula is C15H24O2. The fraction of sp³-hybridized carbons (Fsp3) is 0.600. The van der Waals surface area contributed by atoms with Gasteiger partial charge in [-0.25, -0.2) is 0 Å². The van der Waals surface area contributed by atoms with E-state index in [0.29, 0.717) is 5.92 Å². The second-order valence-corrected chi connectivity index (χ2v) is 4.95. The van der Waals surface area contributed by atoms with Crippen LogP contribution in [0.4, 0.5) is 0 Å². The monoisotopic (exact) mass is 236 g/mol. The van der Waals surface area contributed by atoms with Crippen LogP contribution in [-0.2, 0) is 0 Å². The average Bonchev–Trinajstić information content (AvgIpc) is 2.28. The van der Waals surface area contributed by atoms with Gasteiger partial charge in [0.05, 0.1) is 13.2 Å². The maximum atomic E-state index is 10.2. The topological polar surface area (TPSA) is 29.5 Å². The molecule has 0 aromatic heterocycles. The Hall–Kier alpha value is -1.02. The largest absolute Gasteiger partial charge is 0.496 e. The van der Waals surface area contributed by atoms with Crippen molar-refractivity contribution in [3.63, 3.8) is 0 Å².